The van der Waals surface area contributed by atoms with Gasteiger partial charge in [-0.3, -0.25) is 14.5 Å². The lowest BCUT2D eigenvalue weighted by molar-refractivity contribution is -0.122. The normalized spacial score (nSPS) is 18.6. The van der Waals surface area contributed by atoms with Crippen LogP contribution in [0.4, 0.5) is 5.13 Å². The third-order valence-electron chi connectivity index (χ3n) is 5.55. The van der Waals surface area contributed by atoms with Crippen molar-refractivity contribution in [3.63, 3.8) is 0 Å². The molecule has 0 spiro atoms. The molecule has 0 radical (unpaired) electrons. The highest BCUT2D eigenvalue weighted by atomic mass is 32.1. The Morgan fingerprint density at radius 1 is 1.12 bits per heavy atom. The van der Waals surface area contributed by atoms with Crippen molar-refractivity contribution in [1.82, 2.24) is 10.3 Å². The minimum absolute atomic E-state index is 0.118. The number of aromatic nitrogens is 1. The average molecular weight is 364 g/mol. The standard InChI is InChI=1S/C19H29N3O2S/c1-22(18(24)11-15-8-4-5-9-15)19-21-16(13-25-19)12-20-17(23)10-14-6-2-3-7-14/h13-15H,2-12H2,1H3,(H,20,23). The van der Waals surface area contributed by atoms with Crippen LogP contribution in [0.1, 0.15) is 69.9 Å². The summed E-state index contributed by atoms with van der Waals surface area (Å²) in [5.41, 5.74) is 0.834. The van der Waals surface area contributed by atoms with Crippen LogP contribution in [0.5, 0.6) is 0 Å². The smallest absolute Gasteiger partial charge is 0.228 e. The van der Waals surface area contributed by atoms with Crippen molar-refractivity contribution in [3.05, 3.63) is 11.1 Å². The minimum Gasteiger partial charge on any atom is -0.350 e. The lowest BCUT2D eigenvalue weighted by Gasteiger charge is -2.16. The van der Waals surface area contributed by atoms with Crippen LogP contribution in [0.3, 0.4) is 0 Å². The van der Waals surface area contributed by atoms with Crippen molar-refractivity contribution in [1.29, 1.82) is 0 Å². The third-order valence-corrected chi connectivity index (χ3v) is 6.52. The topological polar surface area (TPSA) is 62.3 Å². The Bertz CT molecular complexity index is 589. The molecule has 0 unspecified atom stereocenters. The zero-order valence-corrected chi connectivity index (χ0v) is 15.9. The van der Waals surface area contributed by atoms with Gasteiger partial charge < -0.3 is 5.32 Å². The maximum absolute atomic E-state index is 12.4. The minimum atomic E-state index is 0.118. The second kappa shape index (κ2) is 8.79. The Morgan fingerprint density at radius 3 is 2.36 bits per heavy atom. The number of carbonyl (C=O) groups is 2. The van der Waals surface area contributed by atoms with Crippen LogP contribution in [0.15, 0.2) is 5.38 Å². The van der Waals surface area contributed by atoms with E-state index in [1.165, 1.54) is 62.7 Å². The van der Waals surface area contributed by atoms with Gasteiger partial charge in [-0.05, 0) is 37.5 Å². The highest BCUT2D eigenvalue weighted by Crippen LogP contribution is 2.29. The molecule has 1 heterocycles. The van der Waals surface area contributed by atoms with Gasteiger partial charge in [0.15, 0.2) is 5.13 Å². The highest BCUT2D eigenvalue weighted by Gasteiger charge is 2.22. The number of anilines is 1. The van der Waals surface area contributed by atoms with Gasteiger partial charge in [-0.15, -0.1) is 11.3 Å². The van der Waals surface area contributed by atoms with E-state index in [2.05, 4.69) is 10.3 Å². The van der Waals surface area contributed by atoms with Gasteiger partial charge in [-0.2, -0.15) is 0 Å². The van der Waals surface area contributed by atoms with Crippen LogP contribution in [0, 0.1) is 11.8 Å². The van der Waals surface area contributed by atoms with Gasteiger partial charge in [0.1, 0.15) is 0 Å². The fourth-order valence-electron chi connectivity index (χ4n) is 3.97. The van der Waals surface area contributed by atoms with Gasteiger partial charge in [0.05, 0.1) is 12.2 Å². The number of amides is 2. The van der Waals surface area contributed by atoms with Crippen LogP contribution in [-0.2, 0) is 16.1 Å². The number of hydrogen-bond donors (Lipinski definition) is 1. The van der Waals surface area contributed by atoms with Crippen LogP contribution in [0.25, 0.3) is 0 Å². The van der Waals surface area contributed by atoms with E-state index in [0.717, 1.165) is 10.8 Å². The fraction of sp³-hybridized carbons (Fsp3) is 0.737. The molecule has 2 aliphatic rings. The lowest BCUT2D eigenvalue weighted by Crippen LogP contribution is -2.28. The van der Waals surface area contributed by atoms with Crippen LogP contribution in [-0.4, -0.2) is 23.8 Å². The number of nitrogens with one attached hydrogen (secondary N) is 1. The summed E-state index contributed by atoms with van der Waals surface area (Å²) in [6.45, 7) is 0.451. The maximum Gasteiger partial charge on any atom is 0.228 e. The summed E-state index contributed by atoms with van der Waals surface area (Å²) in [7, 11) is 1.80. The molecular weight excluding hydrogens is 334 g/mol. The molecule has 2 saturated carbocycles. The molecule has 0 saturated heterocycles. The van der Waals surface area contributed by atoms with E-state index in [1.54, 1.807) is 11.9 Å². The Morgan fingerprint density at radius 2 is 1.72 bits per heavy atom. The van der Waals surface area contributed by atoms with Gasteiger partial charge >= 0.3 is 0 Å². The van der Waals surface area contributed by atoms with E-state index < -0.39 is 0 Å². The third kappa shape index (κ3) is 5.27. The first kappa shape index (κ1) is 18.4. The summed E-state index contributed by atoms with van der Waals surface area (Å²) in [5.74, 6) is 1.37. The molecule has 6 heteroatoms. The van der Waals surface area contributed by atoms with Gasteiger partial charge in [0, 0.05) is 25.3 Å². The molecule has 5 nitrogen and oxygen atoms in total. The van der Waals surface area contributed by atoms with Crippen LogP contribution in [0.2, 0.25) is 0 Å². The highest BCUT2D eigenvalue weighted by molar-refractivity contribution is 7.14. The summed E-state index contributed by atoms with van der Waals surface area (Å²) in [4.78, 5) is 30.6. The van der Waals surface area contributed by atoms with Crippen molar-refractivity contribution >= 4 is 28.3 Å². The first-order chi connectivity index (χ1) is 12.1. The monoisotopic (exact) mass is 363 g/mol. The summed E-state index contributed by atoms with van der Waals surface area (Å²) in [5, 5.41) is 5.63. The van der Waals surface area contributed by atoms with E-state index in [9.17, 15) is 9.59 Å². The summed E-state index contributed by atoms with van der Waals surface area (Å²) < 4.78 is 0. The maximum atomic E-state index is 12.4. The van der Waals surface area contributed by atoms with E-state index in [1.807, 2.05) is 5.38 Å². The molecule has 2 amide bonds. The van der Waals surface area contributed by atoms with E-state index in [0.29, 0.717) is 31.2 Å². The predicted octanol–water partition coefficient (Wildman–Crippen LogP) is 3.88. The van der Waals surface area contributed by atoms with Crippen molar-refractivity contribution < 1.29 is 9.59 Å². The van der Waals surface area contributed by atoms with Crippen molar-refractivity contribution in [3.8, 4) is 0 Å². The van der Waals surface area contributed by atoms with Crippen molar-refractivity contribution in [2.45, 2.75) is 70.8 Å². The fourth-order valence-corrected chi connectivity index (χ4v) is 4.78. The van der Waals surface area contributed by atoms with Gasteiger partial charge in [-0.1, -0.05) is 25.7 Å². The summed E-state index contributed by atoms with van der Waals surface area (Å²) in [6, 6.07) is 0. The SMILES string of the molecule is CN(C(=O)CC1CCCC1)c1nc(CNC(=O)CC2CCCC2)cs1. The zero-order chi connectivity index (χ0) is 17.6. The Hall–Kier alpha value is -1.43. The van der Waals surface area contributed by atoms with E-state index >= 15 is 0 Å². The molecule has 1 aromatic rings. The molecule has 1 N–H and O–H groups in total. The average Bonchev–Trinajstić information content (AvgIpc) is 3.35. The molecule has 0 aromatic carbocycles. The molecule has 138 valence electrons. The quantitative estimate of drug-likeness (QED) is 0.799. The van der Waals surface area contributed by atoms with Gasteiger partial charge in [-0.25, -0.2) is 4.98 Å². The zero-order valence-electron chi connectivity index (χ0n) is 15.1. The second-order valence-electron chi connectivity index (χ2n) is 7.56. The molecule has 0 atom stereocenters. The molecule has 2 aliphatic carbocycles. The predicted molar refractivity (Wildman–Crippen MR) is 101 cm³/mol. The number of hydrogen-bond acceptors (Lipinski definition) is 4. The first-order valence-electron chi connectivity index (χ1n) is 9.59. The Kier molecular flexibility index (Phi) is 6.45. The Labute approximate surface area is 154 Å². The summed E-state index contributed by atoms with van der Waals surface area (Å²) >= 11 is 1.47. The molecule has 0 aliphatic heterocycles. The molecule has 1 aromatic heterocycles. The molecule has 3 rings (SSSR count). The molecular formula is C19H29N3O2S. The number of rotatable bonds is 7. The number of nitrogens with zero attached hydrogens (tertiary/aromatic N) is 2. The van der Waals surface area contributed by atoms with Crippen molar-refractivity contribution in [2.75, 3.05) is 11.9 Å². The molecule has 2 fully saturated rings. The van der Waals surface area contributed by atoms with Crippen LogP contribution >= 0.6 is 11.3 Å². The molecule has 0 bridgehead atoms. The summed E-state index contributed by atoms with van der Waals surface area (Å²) in [6.07, 6.45) is 11.0. The largest absolute Gasteiger partial charge is 0.350 e. The number of carbonyl (C=O) groups excluding carboxylic acids is 2. The van der Waals surface area contributed by atoms with E-state index in [-0.39, 0.29) is 11.8 Å². The van der Waals surface area contributed by atoms with Crippen molar-refractivity contribution in [2.24, 2.45) is 11.8 Å². The van der Waals surface area contributed by atoms with E-state index in [4.69, 9.17) is 0 Å². The first-order valence-corrected chi connectivity index (χ1v) is 10.5. The molecule has 25 heavy (non-hydrogen) atoms. The Balaban J connectivity index is 1.44. The lowest BCUT2D eigenvalue weighted by atomic mass is 10.0. The van der Waals surface area contributed by atoms with Gasteiger partial charge in [0.2, 0.25) is 11.8 Å². The van der Waals surface area contributed by atoms with Gasteiger partial charge in [0.25, 0.3) is 0 Å². The number of thiazole rings is 1. The second-order valence-corrected chi connectivity index (χ2v) is 8.40. The van der Waals surface area contributed by atoms with Crippen LogP contribution < -0.4 is 10.2 Å².